The molecule has 11 aromatic carbocycles. The predicted molar refractivity (Wildman–Crippen MR) is 414 cm³/mol. The summed E-state index contributed by atoms with van der Waals surface area (Å²) in [6, 6.07) is 93.4. The van der Waals surface area contributed by atoms with E-state index in [1.54, 1.807) is 6.21 Å². The van der Waals surface area contributed by atoms with Crippen molar-refractivity contribution in [3.8, 4) is 27.9 Å². The second kappa shape index (κ2) is 22.8. The molecule has 0 bridgehead atoms. The third-order valence-electron chi connectivity index (χ3n) is 22.7. The maximum absolute atomic E-state index is 10.5. The number of aromatic nitrogens is 1. The lowest BCUT2D eigenvalue weighted by molar-refractivity contribution is 0.332. The van der Waals surface area contributed by atoms with E-state index in [4.69, 9.17) is 13.2 Å². The van der Waals surface area contributed by atoms with Gasteiger partial charge in [-0.3, -0.25) is 0 Å². The number of fused-ring (bicyclic) bond motifs is 9. The molecule has 5 nitrogen and oxygen atoms in total. The number of anilines is 4. The molecule has 474 valence electrons. The van der Waals surface area contributed by atoms with Gasteiger partial charge in [-0.05, 0) is 178 Å². The molecule has 6 heteroatoms. The van der Waals surface area contributed by atoms with E-state index in [1.165, 1.54) is 39.6 Å². The zero-order valence-electron chi connectivity index (χ0n) is 57.1. The number of hydrogen-bond donors (Lipinski definition) is 2. The zero-order valence-corrected chi connectivity index (χ0v) is 57.1. The Bertz CT molecular complexity index is 5210. The number of hydrogen-bond acceptors (Lipinski definition) is 4. The molecule has 0 saturated heterocycles. The Hall–Kier alpha value is -10.6. The van der Waals surface area contributed by atoms with Crippen LogP contribution in [0.15, 0.2) is 274 Å². The summed E-state index contributed by atoms with van der Waals surface area (Å²) in [5.74, 6) is 0. The molecule has 1 unspecified atom stereocenters. The fourth-order valence-corrected chi connectivity index (χ4v) is 17.2. The van der Waals surface area contributed by atoms with E-state index in [0.29, 0.717) is 0 Å². The van der Waals surface area contributed by atoms with Gasteiger partial charge in [-0.15, -0.1) is 0 Å². The Morgan fingerprint density at radius 3 is 1.36 bits per heavy atom. The molecule has 0 spiro atoms. The van der Waals surface area contributed by atoms with Gasteiger partial charge in [-0.1, -0.05) is 287 Å². The fraction of sp³-hybridized carbons (Fsp3) is 0.187. The van der Waals surface area contributed by atoms with Crippen molar-refractivity contribution in [1.29, 1.82) is 10.8 Å². The summed E-state index contributed by atoms with van der Waals surface area (Å²) in [5.41, 5.74) is 26.0. The average molecular weight is 1260 g/mol. The first-order valence-electron chi connectivity index (χ1n) is 34.6. The summed E-state index contributed by atoms with van der Waals surface area (Å²) in [7, 11) is 0. The Morgan fingerprint density at radius 2 is 0.845 bits per heavy atom. The Balaban J connectivity index is 1.09. The Kier molecular flexibility index (Phi) is 14.4. The topological polar surface area (TPSA) is 59.1 Å². The van der Waals surface area contributed by atoms with Gasteiger partial charge in [0.05, 0.1) is 22.4 Å². The molecule has 0 radical (unpaired) electrons. The molecule has 2 aliphatic carbocycles. The second-order valence-corrected chi connectivity index (χ2v) is 30.2. The van der Waals surface area contributed by atoms with Gasteiger partial charge < -0.3 is 25.2 Å². The van der Waals surface area contributed by atoms with Gasteiger partial charge in [0.25, 0.3) is 6.71 Å². The molecule has 1 aromatic heterocycles. The third kappa shape index (κ3) is 9.64. The average Bonchev–Trinajstić information content (AvgIpc) is 0.930. The van der Waals surface area contributed by atoms with Crippen molar-refractivity contribution in [2.75, 3.05) is 9.80 Å². The van der Waals surface area contributed by atoms with Gasteiger partial charge in [0, 0.05) is 51.5 Å². The molecule has 0 fully saturated rings. The molecule has 2 N–H and O–H groups in total. The van der Waals surface area contributed by atoms with Gasteiger partial charge >= 0.3 is 0 Å². The number of para-hydroxylation sites is 2. The minimum Gasteiger partial charge on any atom is -0.323 e. The molecule has 12 aromatic rings. The van der Waals surface area contributed by atoms with Crippen LogP contribution in [0, 0.1) is 10.8 Å². The molecular weight excluding hydrogens is 1170 g/mol. The van der Waals surface area contributed by atoms with Crippen LogP contribution < -0.4 is 26.2 Å². The number of benzene rings is 11. The van der Waals surface area contributed by atoms with Crippen molar-refractivity contribution in [1.82, 2.24) is 4.57 Å². The second-order valence-electron chi connectivity index (χ2n) is 30.2. The van der Waals surface area contributed by atoms with E-state index in [-0.39, 0.29) is 28.4 Å². The third-order valence-corrected chi connectivity index (χ3v) is 22.7. The number of allylic oxidation sites excluding steroid dienone is 2. The molecule has 97 heavy (non-hydrogen) atoms. The van der Waals surface area contributed by atoms with E-state index in [2.05, 4.69) is 318 Å². The molecule has 1 atom stereocenters. The van der Waals surface area contributed by atoms with Gasteiger partial charge in [-0.2, -0.15) is 0 Å². The Labute approximate surface area is 572 Å². The van der Waals surface area contributed by atoms with Crippen molar-refractivity contribution < 1.29 is 0 Å². The monoisotopic (exact) mass is 1260 g/mol. The largest absolute Gasteiger partial charge is 0.323 e. The van der Waals surface area contributed by atoms with Crippen LogP contribution in [0.5, 0.6) is 0 Å². The lowest BCUT2D eigenvalue weighted by Gasteiger charge is -2.51. The van der Waals surface area contributed by atoms with E-state index < -0.39 is 5.54 Å². The van der Waals surface area contributed by atoms with Crippen LogP contribution in [0.1, 0.15) is 126 Å². The summed E-state index contributed by atoms with van der Waals surface area (Å²) in [6.45, 7) is 29.3. The first kappa shape index (κ1) is 61.3. The highest BCUT2D eigenvalue weighted by Crippen LogP contribution is 2.54. The van der Waals surface area contributed by atoms with Gasteiger partial charge in [0.1, 0.15) is 5.54 Å². The van der Waals surface area contributed by atoms with E-state index >= 15 is 0 Å². The van der Waals surface area contributed by atoms with Gasteiger partial charge in [0.2, 0.25) is 0 Å². The smallest absolute Gasteiger partial charge is 0.252 e. The standard InChI is InChI=1S/C91H82BN5/c1-59(61-27-15-11-16-28-61)86(72(57-93)63-31-19-13-20-32-63)96-81-45-41-66(64-39-43-73-75(51-64)89(7,8)49-47-87(73,3)4)53-77(81)92-78-54-67(65-40-44-74-76(52-65)90(9,10)50-48-88(74,5)6)42-46-82(78)97(91(58-94,68-33-21-14-22-34-68)60(2)62-29-17-12-18-30-62)84-56-69(55-83(96)85(84)92)95-79-37-25-23-35-70(79)71-36-24-26-38-80(71)95/h11-46,51-58,93-94H,1-2,47-50H2,3-10H3/b86-72-,93-57?,94-58?. The van der Waals surface area contributed by atoms with Crippen molar-refractivity contribution in [3.05, 3.63) is 318 Å². The normalized spacial score (nSPS) is 16.8. The van der Waals surface area contributed by atoms with Crippen LogP contribution in [0.2, 0.25) is 0 Å². The zero-order chi connectivity index (χ0) is 66.9. The molecule has 4 aliphatic rings. The van der Waals surface area contributed by atoms with Crippen LogP contribution in [0.25, 0.3) is 66.5 Å². The van der Waals surface area contributed by atoms with Crippen LogP contribution in [-0.2, 0) is 27.2 Å². The summed E-state index contributed by atoms with van der Waals surface area (Å²) in [4.78, 5) is 4.95. The minimum absolute atomic E-state index is 0.0143. The van der Waals surface area contributed by atoms with Crippen molar-refractivity contribution in [2.24, 2.45) is 0 Å². The van der Waals surface area contributed by atoms with E-state index in [1.807, 2.05) is 6.07 Å². The summed E-state index contributed by atoms with van der Waals surface area (Å²) in [5, 5.41) is 22.6. The summed E-state index contributed by atoms with van der Waals surface area (Å²) >= 11 is 0. The highest BCUT2D eigenvalue weighted by atomic mass is 15.2. The first-order valence-corrected chi connectivity index (χ1v) is 34.6. The van der Waals surface area contributed by atoms with E-state index in [0.717, 1.165) is 148 Å². The molecule has 0 saturated carbocycles. The lowest BCUT2D eigenvalue weighted by Crippen LogP contribution is -2.65. The van der Waals surface area contributed by atoms with Crippen LogP contribution in [0.3, 0.4) is 0 Å². The molecule has 2 aliphatic heterocycles. The van der Waals surface area contributed by atoms with Crippen LogP contribution >= 0.6 is 0 Å². The lowest BCUT2D eigenvalue weighted by atomic mass is 9.33. The van der Waals surface area contributed by atoms with Gasteiger partial charge in [0.15, 0.2) is 0 Å². The molecule has 3 heterocycles. The first-order chi connectivity index (χ1) is 46.8. The van der Waals surface area contributed by atoms with Crippen LogP contribution in [0.4, 0.5) is 22.7 Å². The van der Waals surface area contributed by atoms with Crippen LogP contribution in [-0.4, -0.2) is 23.7 Å². The number of nitrogens with one attached hydrogen (secondary N) is 2. The highest BCUT2D eigenvalue weighted by molar-refractivity contribution is 7.00. The SMILES string of the molecule is C=C(/C(=C(\C=N)c1ccccc1)N1c2ccc(-c3ccc4c(c3)C(C)(C)CCC4(C)C)cc2B2c3cc(-c4ccc5c(c4)C(C)(C)CCC5(C)C)ccc3N(C(C=N)(C(=C)c3ccccc3)c3ccccc3)c3cc(-n4c5ccccc5c5ccccc54)cc1c32)c1ccccc1. The molecule has 0 amide bonds. The summed E-state index contributed by atoms with van der Waals surface area (Å²) in [6.07, 6.45) is 7.67. The molecular formula is C91H82BN5. The maximum atomic E-state index is 10.5. The highest BCUT2D eigenvalue weighted by Gasteiger charge is 2.52. The van der Waals surface area contributed by atoms with Gasteiger partial charge in [-0.25, -0.2) is 0 Å². The minimum atomic E-state index is -1.33. The molecule has 16 rings (SSSR count). The summed E-state index contributed by atoms with van der Waals surface area (Å²) < 4.78 is 2.44. The maximum Gasteiger partial charge on any atom is 0.252 e. The number of rotatable bonds is 13. The van der Waals surface area contributed by atoms with E-state index in [9.17, 15) is 10.8 Å². The quantitative estimate of drug-likeness (QED) is 0.0687. The van der Waals surface area contributed by atoms with Crippen molar-refractivity contribution >= 4 is 96.8 Å². The predicted octanol–water partition coefficient (Wildman–Crippen LogP) is 21.3. The Morgan fingerprint density at radius 1 is 0.423 bits per heavy atom. The van der Waals surface area contributed by atoms with Crippen molar-refractivity contribution in [3.63, 3.8) is 0 Å². The fourth-order valence-electron chi connectivity index (χ4n) is 17.2. The number of nitrogens with zero attached hydrogens (tertiary/aromatic N) is 3. The van der Waals surface area contributed by atoms with Crippen molar-refractivity contribution in [2.45, 2.75) is 108 Å².